The first-order chi connectivity index (χ1) is 9.99. The lowest BCUT2D eigenvalue weighted by atomic mass is 9.76. The summed E-state index contributed by atoms with van der Waals surface area (Å²) in [5, 5.41) is 3.85. The summed E-state index contributed by atoms with van der Waals surface area (Å²) in [6.45, 7) is 10.8. The van der Waals surface area contributed by atoms with Gasteiger partial charge in [-0.15, -0.1) is 0 Å². The van der Waals surface area contributed by atoms with Crippen LogP contribution in [-0.4, -0.2) is 18.7 Å². The Balaban J connectivity index is 1.72. The van der Waals surface area contributed by atoms with E-state index in [0.717, 1.165) is 19.1 Å². The highest BCUT2D eigenvalue weighted by molar-refractivity contribution is 5.39. The molecular weight excluding hydrogens is 258 g/mol. The molecule has 3 rings (SSSR count). The van der Waals surface area contributed by atoms with Gasteiger partial charge in [0.2, 0.25) is 0 Å². The molecule has 116 valence electrons. The number of aryl methyl sites for hydroxylation is 3. The summed E-state index contributed by atoms with van der Waals surface area (Å²) in [7, 11) is 0. The van der Waals surface area contributed by atoms with Crippen LogP contribution in [0.5, 0.6) is 0 Å². The predicted octanol–water partition coefficient (Wildman–Crippen LogP) is 4.22. The van der Waals surface area contributed by atoms with E-state index in [1.807, 2.05) is 0 Å². The summed E-state index contributed by atoms with van der Waals surface area (Å²) < 4.78 is 6.33. The Morgan fingerprint density at radius 3 is 2.24 bits per heavy atom. The molecule has 1 unspecified atom stereocenters. The molecule has 2 aliphatic rings. The van der Waals surface area contributed by atoms with Crippen LogP contribution in [0.3, 0.4) is 0 Å². The molecule has 1 aliphatic heterocycles. The quantitative estimate of drug-likeness (QED) is 0.835. The van der Waals surface area contributed by atoms with Gasteiger partial charge in [-0.3, -0.25) is 0 Å². The van der Waals surface area contributed by atoms with Gasteiger partial charge in [0, 0.05) is 12.1 Å². The Labute approximate surface area is 129 Å². The summed E-state index contributed by atoms with van der Waals surface area (Å²) in [5.74, 6) is 0.886. The second kappa shape index (κ2) is 5.73. The van der Waals surface area contributed by atoms with Gasteiger partial charge >= 0.3 is 0 Å². The van der Waals surface area contributed by atoms with Gasteiger partial charge < -0.3 is 10.1 Å². The van der Waals surface area contributed by atoms with Crippen molar-refractivity contribution < 1.29 is 4.74 Å². The van der Waals surface area contributed by atoms with E-state index in [2.05, 4.69) is 45.1 Å². The molecule has 2 fully saturated rings. The maximum Gasteiger partial charge on any atom is 0.0955 e. The van der Waals surface area contributed by atoms with Crippen molar-refractivity contribution in [1.82, 2.24) is 5.32 Å². The molecular formula is C19H29NO. The van der Waals surface area contributed by atoms with Crippen LogP contribution in [0.1, 0.15) is 61.0 Å². The van der Waals surface area contributed by atoms with E-state index in [0.29, 0.717) is 0 Å². The van der Waals surface area contributed by atoms with Crippen LogP contribution in [0.4, 0.5) is 0 Å². The second-order valence-corrected chi connectivity index (χ2v) is 7.46. The average molecular weight is 287 g/mol. The van der Waals surface area contributed by atoms with Crippen LogP contribution < -0.4 is 5.32 Å². The van der Waals surface area contributed by atoms with Crippen molar-refractivity contribution in [3.8, 4) is 0 Å². The largest absolute Gasteiger partial charge is 0.370 e. The average Bonchev–Trinajstić information content (AvgIpc) is 2.43. The Morgan fingerprint density at radius 1 is 1.10 bits per heavy atom. The Kier molecular flexibility index (Phi) is 4.11. The van der Waals surface area contributed by atoms with Gasteiger partial charge in [-0.1, -0.05) is 24.6 Å². The highest BCUT2D eigenvalue weighted by atomic mass is 16.5. The molecule has 1 aromatic carbocycles. The molecule has 2 heteroatoms. The first-order valence-corrected chi connectivity index (χ1v) is 8.43. The summed E-state index contributed by atoms with van der Waals surface area (Å²) in [6.07, 6.45) is 5.43. The summed E-state index contributed by atoms with van der Waals surface area (Å²) in [6, 6.07) is 4.55. The zero-order chi connectivity index (χ0) is 15.0. The molecule has 1 atom stereocenters. The highest BCUT2D eigenvalue weighted by Crippen LogP contribution is 2.37. The van der Waals surface area contributed by atoms with Crippen LogP contribution in [0.25, 0.3) is 0 Å². The van der Waals surface area contributed by atoms with Crippen molar-refractivity contribution in [2.24, 2.45) is 5.92 Å². The monoisotopic (exact) mass is 287 g/mol. The standard InChI is InChI=1S/C19H29NO/c1-13-5-7-19(8-6-13)12-21-17(11-20-19)18-15(3)9-14(2)10-16(18)4/h9-10,13,17,20H,5-8,11-12H2,1-4H3. The lowest BCUT2D eigenvalue weighted by Gasteiger charge is -2.45. The molecule has 2 nitrogen and oxygen atoms in total. The van der Waals surface area contributed by atoms with Crippen molar-refractivity contribution in [1.29, 1.82) is 0 Å². The number of ether oxygens (including phenoxy) is 1. The van der Waals surface area contributed by atoms with Gasteiger partial charge in [0.1, 0.15) is 0 Å². The lowest BCUT2D eigenvalue weighted by molar-refractivity contribution is -0.0508. The molecule has 1 saturated heterocycles. The molecule has 1 saturated carbocycles. The molecule has 1 aliphatic carbocycles. The number of hydrogen-bond donors (Lipinski definition) is 1. The van der Waals surface area contributed by atoms with Crippen molar-refractivity contribution in [3.05, 3.63) is 34.4 Å². The smallest absolute Gasteiger partial charge is 0.0955 e. The first-order valence-electron chi connectivity index (χ1n) is 8.43. The van der Waals surface area contributed by atoms with Gasteiger partial charge in [-0.25, -0.2) is 0 Å². The number of morpholine rings is 1. The summed E-state index contributed by atoms with van der Waals surface area (Å²) in [5.41, 5.74) is 5.73. The van der Waals surface area contributed by atoms with Crippen molar-refractivity contribution in [2.75, 3.05) is 13.2 Å². The SMILES string of the molecule is Cc1cc(C)c(C2CNC3(CCC(C)CC3)CO2)c(C)c1. The maximum absolute atomic E-state index is 6.33. The third-order valence-corrected chi connectivity index (χ3v) is 5.51. The van der Waals surface area contributed by atoms with E-state index in [1.165, 1.54) is 47.9 Å². The fourth-order valence-corrected chi connectivity index (χ4v) is 4.20. The molecule has 0 radical (unpaired) electrons. The van der Waals surface area contributed by atoms with Crippen molar-refractivity contribution >= 4 is 0 Å². The zero-order valence-corrected chi connectivity index (χ0v) is 14.0. The van der Waals surface area contributed by atoms with Crippen LogP contribution >= 0.6 is 0 Å². The molecule has 21 heavy (non-hydrogen) atoms. The van der Waals surface area contributed by atoms with E-state index >= 15 is 0 Å². The summed E-state index contributed by atoms with van der Waals surface area (Å²) in [4.78, 5) is 0. The van der Waals surface area contributed by atoms with Gasteiger partial charge in [-0.2, -0.15) is 0 Å². The van der Waals surface area contributed by atoms with Gasteiger partial charge in [0.05, 0.1) is 12.7 Å². The van der Waals surface area contributed by atoms with Crippen molar-refractivity contribution in [2.45, 2.75) is 65.0 Å². The number of nitrogens with one attached hydrogen (secondary N) is 1. The molecule has 1 spiro atoms. The van der Waals surface area contributed by atoms with E-state index in [4.69, 9.17) is 4.74 Å². The molecule has 0 aromatic heterocycles. The van der Waals surface area contributed by atoms with Crippen LogP contribution in [0, 0.1) is 26.7 Å². The number of benzene rings is 1. The van der Waals surface area contributed by atoms with Gasteiger partial charge in [0.25, 0.3) is 0 Å². The minimum Gasteiger partial charge on any atom is -0.370 e. The fraction of sp³-hybridized carbons (Fsp3) is 0.684. The maximum atomic E-state index is 6.33. The fourth-order valence-electron chi connectivity index (χ4n) is 4.20. The van der Waals surface area contributed by atoms with Crippen LogP contribution in [-0.2, 0) is 4.74 Å². The summed E-state index contributed by atoms with van der Waals surface area (Å²) >= 11 is 0. The number of rotatable bonds is 1. The highest BCUT2D eigenvalue weighted by Gasteiger charge is 2.38. The first kappa shape index (κ1) is 15.1. The third-order valence-electron chi connectivity index (χ3n) is 5.51. The van der Waals surface area contributed by atoms with E-state index in [9.17, 15) is 0 Å². The minimum absolute atomic E-state index is 0.218. The topological polar surface area (TPSA) is 21.3 Å². The van der Waals surface area contributed by atoms with E-state index in [1.54, 1.807) is 0 Å². The minimum atomic E-state index is 0.218. The van der Waals surface area contributed by atoms with Crippen LogP contribution in [0.2, 0.25) is 0 Å². The van der Waals surface area contributed by atoms with E-state index < -0.39 is 0 Å². The van der Waals surface area contributed by atoms with Gasteiger partial charge in [-0.05, 0) is 69.1 Å². The third kappa shape index (κ3) is 3.02. The molecule has 0 bridgehead atoms. The molecule has 0 amide bonds. The van der Waals surface area contributed by atoms with Crippen LogP contribution in [0.15, 0.2) is 12.1 Å². The van der Waals surface area contributed by atoms with Gasteiger partial charge in [0.15, 0.2) is 0 Å². The Hall–Kier alpha value is -0.860. The molecule has 1 heterocycles. The van der Waals surface area contributed by atoms with Crippen molar-refractivity contribution in [3.63, 3.8) is 0 Å². The van der Waals surface area contributed by atoms with E-state index in [-0.39, 0.29) is 11.6 Å². The normalized spacial score (nSPS) is 33.3. The second-order valence-electron chi connectivity index (χ2n) is 7.46. The molecule has 1 aromatic rings. The number of hydrogen-bond acceptors (Lipinski definition) is 2. The predicted molar refractivity (Wildman–Crippen MR) is 87.7 cm³/mol. The zero-order valence-electron chi connectivity index (χ0n) is 14.0. The Bertz CT molecular complexity index is 481. The lowest BCUT2D eigenvalue weighted by Crippen LogP contribution is -2.56. The Morgan fingerprint density at radius 2 is 1.71 bits per heavy atom. The molecule has 1 N–H and O–H groups in total.